The van der Waals surface area contributed by atoms with Crippen molar-refractivity contribution in [2.45, 2.75) is 65.5 Å². The van der Waals surface area contributed by atoms with Crippen LogP contribution in [0.4, 0.5) is 0 Å². The summed E-state index contributed by atoms with van der Waals surface area (Å²) in [6.07, 6.45) is 2.58. The van der Waals surface area contributed by atoms with Crippen molar-refractivity contribution in [3.8, 4) is 0 Å². The Labute approximate surface area is 152 Å². The average Bonchev–Trinajstić information content (AvgIpc) is 3.03. The molecule has 5 heteroatoms. The molecule has 0 bridgehead atoms. The molecule has 2 aromatic rings. The molecule has 0 aliphatic carbocycles. The zero-order chi connectivity index (χ0) is 18.1. The highest BCUT2D eigenvalue weighted by Gasteiger charge is 2.32. The Morgan fingerprint density at radius 3 is 2.64 bits per heavy atom. The number of aromatic nitrogens is 1. The quantitative estimate of drug-likeness (QED) is 0.591. The normalized spacial score (nSPS) is 17.2. The zero-order valence-corrected chi connectivity index (χ0v) is 16.1. The zero-order valence-electron chi connectivity index (χ0n) is 15.3. The highest BCUT2D eigenvalue weighted by atomic mass is 32.1. The van der Waals surface area contributed by atoms with Crippen molar-refractivity contribution in [1.29, 1.82) is 0 Å². The molecule has 2 aromatic heterocycles. The van der Waals surface area contributed by atoms with E-state index < -0.39 is 0 Å². The van der Waals surface area contributed by atoms with Gasteiger partial charge in [0.1, 0.15) is 0 Å². The Morgan fingerprint density at radius 2 is 2.00 bits per heavy atom. The third-order valence-electron chi connectivity index (χ3n) is 4.72. The van der Waals surface area contributed by atoms with Gasteiger partial charge in [-0.25, -0.2) is 0 Å². The van der Waals surface area contributed by atoms with Crippen molar-refractivity contribution in [2.75, 3.05) is 0 Å². The lowest BCUT2D eigenvalue weighted by molar-refractivity contribution is -0.149. The Kier molecular flexibility index (Phi) is 5.13. The van der Waals surface area contributed by atoms with Crippen LogP contribution in [-0.2, 0) is 16.1 Å². The predicted molar refractivity (Wildman–Crippen MR) is 99.5 cm³/mol. The van der Waals surface area contributed by atoms with Gasteiger partial charge in [0, 0.05) is 12.2 Å². The van der Waals surface area contributed by atoms with Crippen molar-refractivity contribution in [1.82, 2.24) is 4.57 Å². The van der Waals surface area contributed by atoms with E-state index in [1.54, 1.807) is 0 Å². The predicted octanol–water partition coefficient (Wildman–Crippen LogP) is 4.62. The van der Waals surface area contributed by atoms with Gasteiger partial charge in [0.15, 0.2) is 0 Å². The topological polar surface area (TPSA) is 48.3 Å². The molecule has 0 N–H and O–H groups in total. The van der Waals surface area contributed by atoms with Gasteiger partial charge in [-0.15, -0.1) is 11.3 Å². The summed E-state index contributed by atoms with van der Waals surface area (Å²) in [6.45, 7) is 8.44. The van der Waals surface area contributed by atoms with Gasteiger partial charge >= 0.3 is 5.97 Å². The number of fused-ring (bicyclic) bond motifs is 1. The fourth-order valence-electron chi connectivity index (χ4n) is 3.57. The largest absolute Gasteiger partial charge is 0.462 e. The van der Waals surface area contributed by atoms with Crippen molar-refractivity contribution in [3.05, 3.63) is 44.9 Å². The molecule has 0 spiro atoms. The maximum Gasteiger partial charge on any atom is 0.315 e. The number of hydrogen-bond acceptors (Lipinski definition) is 4. The summed E-state index contributed by atoms with van der Waals surface area (Å²) in [4.78, 5) is 26.5. The van der Waals surface area contributed by atoms with Crippen molar-refractivity contribution < 1.29 is 14.3 Å². The molecular formula is C20H25NO3S. The number of thiophene rings is 1. The average molecular weight is 359 g/mol. The van der Waals surface area contributed by atoms with E-state index in [9.17, 15) is 9.59 Å². The molecule has 1 aliphatic rings. The van der Waals surface area contributed by atoms with E-state index in [0.29, 0.717) is 0 Å². The minimum absolute atomic E-state index is 0.0640. The molecule has 0 fully saturated rings. The molecule has 25 heavy (non-hydrogen) atoms. The van der Waals surface area contributed by atoms with Crippen molar-refractivity contribution in [3.63, 3.8) is 0 Å². The van der Waals surface area contributed by atoms with Gasteiger partial charge < -0.3 is 9.30 Å². The fourth-order valence-corrected chi connectivity index (χ4v) is 4.44. The number of hydrogen-bond donors (Lipinski definition) is 0. The number of carbonyl (C=O) groups excluding carboxylic acids is 2. The maximum atomic E-state index is 13.1. The van der Waals surface area contributed by atoms with Gasteiger partial charge in [-0.3, -0.25) is 9.59 Å². The first-order chi connectivity index (χ1) is 11.9. The van der Waals surface area contributed by atoms with Gasteiger partial charge in [0.05, 0.1) is 22.6 Å². The van der Waals surface area contributed by atoms with E-state index in [-0.39, 0.29) is 23.8 Å². The number of carbonyl (C=O) groups is 2. The van der Waals surface area contributed by atoms with E-state index >= 15 is 0 Å². The van der Waals surface area contributed by atoms with Crippen LogP contribution in [0.3, 0.4) is 0 Å². The molecule has 1 atom stereocenters. The molecule has 3 rings (SSSR count). The lowest BCUT2D eigenvalue weighted by Gasteiger charge is -2.17. The molecule has 0 aromatic carbocycles. The summed E-state index contributed by atoms with van der Waals surface area (Å²) in [6, 6.07) is 3.98. The van der Waals surface area contributed by atoms with Crippen molar-refractivity contribution in [2.24, 2.45) is 0 Å². The first kappa shape index (κ1) is 17.9. The molecule has 0 amide bonds. The highest BCUT2D eigenvalue weighted by molar-refractivity contribution is 7.12. The standard InChI is InChI=1S/C20H25NO3S/c1-12(2)24-20(23)15-7-5-6-9-21-16(15)11-14(4)17(21)18(22)19-13(3)8-10-25-19/h8,10-12,15H,5-7,9H2,1-4H3. The second-order valence-electron chi connectivity index (χ2n) is 7.05. The Hall–Kier alpha value is -1.88. The molecule has 134 valence electrons. The molecule has 0 saturated heterocycles. The van der Waals surface area contributed by atoms with E-state index in [1.807, 2.05) is 45.2 Å². The van der Waals surface area contributed by atoms with Crippen LogP contribution in [0.5, 0.6) is 0 Å². The van der Waals surface area contributed by atoms with Crippen LogP contribution >= 0.6 is 11.3 Å². The monoisotopic (exact) mass is 359 g/mol. The van der Waals surface area contributed by atoms with Gasteiger partial charge in [-0.1, -0.05) is 6.42 Å². The van der Waals surface area contributed by atoms with Crippen LogP contribution < -0.4 is 0 Å². The van der Waals surface area contributed by atoms with Crippen LogP contribution in [0.2, 0.25) is 0 Å². The van der Waals surface area contributed by atoms with Crippen LogP contribution in [-0.4, -0.2) is 22.4 Å². The van der Waals surface area contributed by atoms with Crippen LogP contribution in [0.1, 0.15) is 71.2 Å². The maximum absolute atomic E-state index is 13.1. The van der Waals surface area contributed by atoms with E-state index in [0.717, 1.165) is 53.2 Å². The molecule has 3 heterocycles. The summed E-state index contributed by atoms with van der Waals surface area (Å²) >= 11 is 1.48. The van der Waals surface area contributed by atoms with E-state index in [2.05, 4.69) is 4.57 Å². The second-order valence-corrected chi connectivity index (χ2v) is 7.96. The minimum atomic E-state index is -0.283. The van der Waals surface area contributed by atoms with Gasteiger partial charge in [-0.05, 0) is 69.2 Å². The number of rotatable bonds is 4. The molecule has 0 saturated carbocycles. The SMILES string of the molecule is Cc1ccsc1C(=O)c1c(C)cc2n1CCCCC2C(=O)OC(C)C. The first-order valence-corrected chi connectivity index (χ1v) is 9.77. The lowest BCUT2D eigenvalue weighted by atomic mass is 9.99. The third kappa shape index (κ3) is 3.43. The first-order valence-electron chi connectivity index (χ1n) is 8.89. The number of ether oxygens (including phenoxy) is 1. The van der Waals surface area contributed by atoms with Crippen LogP contribution in [0.25, 0.3) is 0 Å². The summed E-state index contributed by atoms with van der Waals surface area (Å²) in [5.74, 6) is -0.398. The number of nitrogens with zero attached hydrogens (tertiary/aromatic N) is 1. The molecule has 4 nitrogen and oxygen atoms in total. The fraction of sp³-hybridized carbons (Fsp3) is 0.500. The lowest BCUT2D eigenvalue weighted by Crippen LogP contribution is -2.21. The van der Waals surface area contributed by atoms with Crippen molar-refractivity contribution >= 4 is 23.1 Å². The summed E-state index contributed by atoms with van der Waals surface area (Å²) in [5.41, 5.74) is 3.61. The summed E-state index contributed by atoms with van der Waals surface area (Å²) < 4.78 is 7.53. The third-order valence-corrected chi connectivity index (χ3v) is 5.74. The Balaban J connectivity index is 2.04. The van der Waals surface area contributed by atoms with Crippen LogP contribution in [0.15, 0.2) is 17.5 Å². The number of esters is 1. The van der Waals surface area contributed by atoms with E-state index in [1.165, 1.54) is 11.3 Å². The number of ketones is 1. The molecule has 1 unspecified atom stereocenters. The summed E-state index contributed by atoms with van der Waals surface area (Å²) in [7, 11) is 0. The summed E-state index contributed by atoms with van der Waals surface area (Å²) in [5, 5.41) is 1.95. The smallest absolute Gasteiger partial charge is 0.315 e. The molecule has 0 radical (unpaired) electrons. The van der Waals surface area contributed by atoms with Crippen LogP contribution in [0, 0.1) is 13.8 Å². The van der Waals surface area contributed by atoms with Gasteiger partial charge in [0.2, 0.25) is 5.78 Å². The highest BCUT2D eigenvalue weighted by Crippen LogP contribution is 2.33. The molecule has 1 aliphatic heterocycles. The Morgan fingerprint density at radius 1 is 1.24 bits per heavy atom. The van der Waals surface area contributed by atoms with Gasteiger partial charge in [0.25, 0.3) is 0 Å². The van der Waals surface area contributed by atoms with Gasteiger partial charge in [-0.2, -0.15) is 0 Å². The minimum Gasteiger partial charge on any atom is -0.462 e. The van der Waals surface area contributed by atoms with E-state index in [4.69, 9.17) is 4.74 Å². The Bertz CT molecular complexity index is 800. The second kappa shape index (κ2) is 7.16. The molecular weight excluding hydrogens is 334 g/mol. The number of aryl methyl sites for hydroxylation is 2.